The molecule has 4 aliphatic rings. The Labute approximate surface area is 157 Å². The second-order valence-corrected chi connectivity index (χ2v) is 12.1. The molecule has 4 aliphatic carbocycles. The first kappa shape index (κ1) is 18.0. The van der Waals surface area contributed by atoms with Crippen LogP contribution in [-0.4, -0.2) is 18.3 Å². The van der Waals surface area contributed by atoms with Crippen LogP contribution in [0.2, 0.25) is 0 Å². The highest BCUT2D eigenvalue weighted by molar-refractivity contribution is 9.13. The van der Waals surface area contributed by atoms with Gasteiger partial charge in [-0.25, -0.2) is 0 Å². The van der Waals surface area contributed by atoms with E-state index in [-0.39, 0.29) is 0 Å². The summed E-state index contributed by atoms with van der Waals surface area (Å²) in [6.07, 6.45) is 11.3. The summed E-state index contributed by atoms with van der Waals surface area (Å²) in [5.74, 6) is 2.04. The average Bonchev–Trinajstić information content (AvgIpc) is 3.11. The van der Waals surface area contributed by atoms with Crippen molar-refractivity contribution in [2.45, 2.75) is 69.7 Å². The molecule has 0 amide bonds. The normalized spacial score (nSPS) is 51.2. The van der Waals surface area contributed by atoms with Crippen molar-refractivity contribution in [3.8, 4) is 0 Å². The van der Waals surface area contributed by atoms with Gasteiger partial charge in [-0.05, 0) is 63.2 Å². The van der Waals surface area contributed by atoms with Crippen LogP contribution in [0.5, 0.6) is 0 Å². The highest BCUT2D eigenvalue weighted by Crippen LogP contribution is 2.56. The lowest BCUT2D eigenvalue weighted by atomic mass is 10.0. The maximum absolute atomic E-state index is 3.80. The number of hydrogen-bond donors (Lipinski definition) is 0. The molecule has 0 N–H and O–H groups in total. The summed E-state index contributed by atoms with van der Waals surface area (Å²) < 4.78 is 0.995. The van der Waals surface area contributed by atoms with Gasteiger partial charge in [-0.3, -0.25) is 0 Å². The third-order valence-corrected chi connectivity index (χ3v) is 11.7. The van der Waals surface area contributed by atoms with Gasteiger partial charge < -0.3 is 0 Å². The van der Waals surface area contributed by atoms with E-state index in [4.69, 9.17) is 0 Å². The van der Waals surface area contributed by atoms with Crippen LogP contribution in [0.15, 0.2) is 13.2 Å². The van der Waals surface area contributed by atoms with Crippen LogP contribution in [-0.2, 0) is 0 Å². The molecule has 116 valence electrons. The molecular formula is C16H24Br4. The van der Waals surface area contributed by atoms with Gasteiger partial charge in [0, 0.05) is 18.3 Å². The first-order valence-corrected chi connectivity index (χ1v) is 11.0. The Morgan fingerprint density at radius 2 is 1.10 bits per heavy atom. The van der Waals surface area contributed by atoms with Crippen molar-refractivity contribution >= 4 is 63.7 Å². The van der Waals surface area contributed by atoms with Gasteiger partial charge in [0.1, 0.15) is 0 Å². The van der Waals surface area contributed by atoms with Gasteiger partial charge in [-0.1, -0.05) is 63.7 Å². The summed E-state index contributed by atoms with van der Waals surface area (Å²) in [6, 6.07) is 0. The van der Waals surface area contributed by atoms with Crippen molar-refractivity contribution < 1.29 is 0 Å². The minimum Gasteiger partial charge on any atom is -0.106 e. The lowest BCUT2D eigenvalue weighted by Crippen LogP contribution is -2.24. The summed E-state index contributed by atoms with van der Waals surface area (Å²) in [5, 5.41) is 0. The topological polar surface area (TPSA) is 0 Å². The van der Waals surface area contributed by atoms with Crippen molar-refractivity contribution in [3.63, 3.8) is 0 Å². The molecule has 0 aromatic rings. The van der Waals surface area contributed by atoms with Gasteiger partial charge in [0.2, 0.25) is 0 Å². The molecule has 6 unspecified atom stereocenters. The number of rotatable bonds is 0. The summed E-state index contributed by atoms with van der Waals surface area (Å²) in [5.41, 5.74) is 0. The largest absolute Gasteiger partial charge is 0.106 e. The van der Waals surface area contributed by atoms with Crippen LogP contribution < -0.4 is 0 Å². The molecule has 0 aliphatic heterocycles. The van der Waals surface area contributed by atoms with Crippen molar-refractivity contribution in [2.24, 2.45) is 11.8 Å². The zero-order chi connectivity index (χ0) is 15.0. The van der Waals surface area contributed by atoms with E-state index < -0.39 is 0 Å². The third-order valence-electron chi connectivity index (χ3n) is 5.40. The molecule has 0 radical (unpaired) electrons. The molecule has 4 rings (SSSR count). The van der Waals surface area contributed by atoms with Gasteiger partial charge >= 0.3 is 0 Å². The Hall–Kier alpha value is 1.66. The highest BCUT2D eigenvalue weighted by Gasteiger charge is 2.49. The Kier molecular flexibility index (Phi) is 6.35. The standard InChI is InChI=1S/2C7H10Br2.C2H4/c2*8-6-3-5-1-2-7(6,9)4-5;1-2/h2*5-6H,1-4H2;1-2H2. The van der Waals surface area contributed by atoms with Crippen LogP contribution in [0.4, 0.5) is 0 Å². The van der Waals surface area contributed by atoms with Crippen molar-refractivity contribution in [2.75, 3.05) is 0 Å². The average molecular weight is 536 g/mol. The molecule has 0 saturated heterocycles. The molecule has 4 bridgehead atoms. The minimum atomic E-state index is 0.498. The van der Waals surface area contributed by atoms with Gasteiger partial charge in [-0.2, -0.15) is 0 Å². The Morgan fingerprint density at radius 1 is 0.750 bits per heavy atom. The van der Waals surface area contributed by atoms with E-state index in [9.17, 15) is 0 Å². The Bertz CT molecular complexity index is 315. The molecular weight excluding hydrogens is 512 g/mol. The predicted molar refractivity (Wildman–Crippen MR) is 104 cm³/mol. The molecule has 20 heavy (non-hydrogen) atoms. The Morgan fingerprint density at radius 3 is 1.20 bits per heavy atom. The summed E-state index contributed by atoms with van der Waals surface area (Å²) in [6.45, 7) is 6.00. The van der Waals surface area contributed by atoms with E-state index in [0.29, 0.717) is 8.65 Å². The quantitative estimate of drug-likeness (QED) is 0.232. The number of halogens is 4. The molecule has 0 nitrogen and oxygen atoms in total. The molecule has 0 heterocycles. The summed E-state index contributed by atoms with van der Waals surface area (Å²) in [7, 11) is 0. The van der Waals surface area contributed by atoms with Crippen LogP contribution in [0.3, 0.4) is 0 Å². The van der Waals surface area contributed by atoms with Crippen molar-refractivity contribution in [3.05, 3.63) is 13.2 Å². The van der Waals surface area contributed by atoms with Gasteiger partial charge in [0.05, 0.1) is 0 Å². The van der Waals surface area contributed by atoms with Gasteiger partial charge in [-0.15, -0.1) is 13.2 Å². The second kappa shape index (κ2) is 7.05. The SMILES string of the molecule is BrC1CC2CCC1(Br)C2.BrC1CC2CCC1(Br)C2.C=C. The molecule has 4 fully saturated rings. The zero-order valence-electron chi connectivity index (χ0n) is 11.9. The lowest BCUT2D eigenvalue weighted by molar-refractivity contribution is 0.517. The summed E-state index contributed by atoms with van der Waals surface area (Å²) in [4.78, 5) is 1.51. The van der Waals surface area contributed by atoms with Crippen molar-refractivity contribution in [1.82, 2.24) is 0 Å². The fraction of sp³-hybridized carbons (Fsp3) is 0.875. The van der Waals surface area contributed by atoms with Crippen LogP contribution in [0.1, 0.15) is 51.4 Å². The lowest BCUT2D eigenvalue weighted by Gasteiger charge is -2.23. The van der Waals surface area contributed by atoms with Gasteiger partial charge in [0.25, 0.3) is 0 Å². The van der Waals surface area contributed by atoms with Gasteiger partial charge in [0.15, 0.2) is 0 Å². The molecule has 0 aromatic carbocycles. The molecule has 0 aromatic heterocycles. The van der Waals surface area contributed by atoms with Crippen LogP contribution in [0, 0.1) is 11.8 Å². The third kappa shape index (κ3) is 3.59. The highest BCUT2D eigenvalue weighted by atomic mass is 79.9. The van der Waals surface area contributed by atoms with E-state index in [1.807, 2.05) is 0 Å². The minimum absolute atomic E-state index is 0.498. The summed E-state index contributed by atoms with van der Waals surface area (Å²) >= 11 is 15.0. The van der Waals surface area contributed by atoms with Crippen LogP contribution >= 0.6 is 63.7 Å². The maximum Gasteiger partial charge on any atom is 0.0385 e. The molecule has 6 atom stereocenters. The van der Waals surface area contributed by atoms with E-state index in [1.54, 1.807) is 0 Å². The van der Waals surface area contributed by atoms with E-state index in [0.717, 1.165) is 21.5 Å². The predicted octanol–water partition coefficient (Wildman–Crippen LogP) is 6.98. The molecule has 4 heteroatoms. The van der Waals surface area contributed by atoms with Crippen molar-refractivity contribution in [1.29, 1.82) is 0 Å². The molecule has 0 spiro atoms. The fourth-order valence-electron chi connectivity index (χ4n) is 4.24. The number of alkyl halides is 4. The van der Waals surface area contributed by atoms with E-state index >= 15 is 0 Å². The van der Waals surface area contributed by atoms with E-state index in [1.165, 1.54) is 51.4 Å². The molecule has 4 saturated carbocycles. The zero-order valence-corrected chi connectivity index (χ0v) is 18.2. The van der Waals surface area contributed by atoms with E-state index in [2.05, 4.69) is 76.9 Å². The maximum atomic E-state index is 3.80. The fourth-order valence-corrected chi connectivity index (χ4v) is 7.87. The number of hydrogen-bond acceptors (Lipinski definition) is 0. The first-order chi connectivity index (χ1) is 9.41. The second-order valence-electron chi connectivity index (χ2n) is 6.69. The monoisotopic (exact) mass is 532 g/mol. The smallest absolute Gasteiger partial charge is 0.0385 e. The first-order valence-electron chi connectivity index (χ1n) is 7.57. The van der Waals surface area contributed by atoms with Crippen LogP contribution in [0.25, 0.3) is 0 Å². The number of fused-ring (bicyclic) bond motifs is 4. The Balaban J connectivity index is 0.000000131.